The van der Waals surface area contributed by atoms with Crippen LogP contribution in [0.3, 0.4) is 0 Å². The molecule has 0 aromatic carbocycles. The first-order chi connectivity index (χ1) is 13.4. The minimum atomic E-state index is -0.565. The molecule has 0 radical (unpaired) electrons. The smallest absolute Gasteiger partial charge is 0.171 e. The maximum Gasteiger partial charge on any atom is 0.171 e. The predicted molar refractivity (Wildman–Crippen MR) is 164 cm³/mol. The second-order valence-electron chi connectivity index (χ2n) is 10.6. The maximum absolute atomic E-state index is 11.6. The molecule has 0 unspecified atom stereocenters. The van der Waals surface area contributed by atoms with E-state index in [0.717, 1.165) is 64.6 Å². The average molecular weight is 553 g/mol. The summed E-state index contributed by atoms with van der Waals surface area (Å²) in [6, 6.07) is 0. The summed E-state index contributed by atoms with van der Waals surface area (Å²) in [5.74, 6) is 0.777. The third-order valence-corrected chi connectivity index (χ3v) is 9.69. The molecule has 0 aromatic heterocycles. The normalized spacial score (nSPS) is 42.8. The molecule has 210 valence electrons. The van der Waals surface area contributed by atoms with E-state index in [1.54, 1.807) is 5.57 Å². The molecule has 2 saturated heterocycles. The van der Waals surface area contributed by atoms with Crippen molar-refractivity contribution >= 4 is 40.5 Å². The third-order valence-electron chi connectivity index (χ3n) is 9.69. The molecule has 0 bridgehead atoms. The molecule has 35 heavy (non-hydrogen) atoms. The van der Waals surface area contributed by atoms with E-state index in [1.807, 2.05) is 0 Å². The van der Waals surface area contributed by atoms with Gasteiger partial charge in [0, 0.05) is 18.3 Å². The number of allylic oxidation sites excluding steroid dienone is 2. The molecule has 6 atom stereocenters. The molecule has 4 nitrogen and oxygen atoms in total. The molecule has 0 amide bonds. The molecule has 2 aliphatic heterocycles. The van der Waals surface area contributed by atoms with E-state index in [1.165, 1.54) is 6.42 Å². The average Bonchev–Trinajstić information content (AvgIpc) is 3.03. The Balaban J connectivity index is 0. The monoisotopic (exact) mass is 552 g/mol. The maximum atomic E-state index is 11.6. The van der Waals surface area contributed by atoms with E-state index in [4.69, 9.17) is 14.2 Å². The fourth-order valence-electron chi connectivity index (χ4n) is 8.08. The fraction of sp³-hybridized carbons (Fsp3) is 0.857. The molecule has 1 spiro atoms. The topological polar surface area (TPSA) is 51.2 Å². The Bertz CT molecular complexity index is 767. The van der Waals surface area contributed by atoms with Gasteiger partial charge >= 0.3 is 0 Å². The molecule has 0 aromatic rings. The molecule has 4 aliphatic carbocycles. The SMILES string of the molecule is C.C.C.C.C/C=C/C[C@]1(O)CC[C@H]2[C@@H]3CC[C@@]45CC6(CC[C@@]4(O5)C3=CC[C@@]21C)OCCO6.S.S.S. The fourth-order valence-corrected chi connectivity index (χ4v) is 8.08. The molecular formula is C28H56O4S3. The van der Waals surface area contributed by atoms with Gasteiger partial charge in [-0.05, 0) is 69.3 Å². The molecule has 1 N–H and O–H groups in total. The van der Waals surface area contributed by atoms with Gasteiger partial charge < -0.3 is 19.3 Å². The summed E-state index contributed by atoms with van der Waals surface area (Å²) in [6.07, 6.45) is 15.7. The first kappa shape index (κ1) is 37.5. The van der Waals surface area contributed by atoms with Crippen molar-refractivity contribution in [3.8, 4) is 0 Å². The second-order valence-corrected chi connectivity index (χ2v) is 10.6. The van der Waals surface area contributed by atoms with Gasteiger partial charge in [0.25, 0.3) is 0 Å². The summed E-state index contributed by atoms with van der Waals surface area (Å²) in [4.78, 5) is 0. The zero-order valence-electron chi connectivity index (χ0n) is 18.8. The Labute approximate surface area is 237 Å². The van der Waals surface area contributed by atoms with E-state index in [-0.39, 0.29) is 92.6 Å². The molecule has 6 rings (SSSR count). The van der Waals surface area contributed by atoms with Crippen molar-refractivity contribution in [1.82, 2.24) is 0 Å². The minimum absolute atomic E-state index is 0. The molecule has 7 heteroatoms. The number of rotatable bonds is 2. The van der Waals surface area contributed by atoms with Crippen molar-refractivity contribution in [2.75, 3.05) is 13.2 Å². The van der Waals surface area contributed by atoms with Crippen LogP contribution >= 0.6 is 40.5 Å². The summed E-state index contributed by atoms with van der Waals surface area (Å²) in [5, 5.41) is 11.6. The lowest BCUT2D eigenvalue weighted by Gasteiger charge is -2.52. The second kappa shape index (κ2) is 12.0. The lowest BCUT2D eigenvalue weighted by atomic mass is 9.52. The molecule has 2 heterocycles. The van der Waals surface area contributed by atoms with Crippen LogP contribution in [0.5, 0.6) is 0 Å². The van der Waals surface area contributed by atoms with Gasteiger partial charge in [-0.15, -0.1) is 0 Å². The van der Waals surface area contributed by atoms with E-state index < -0.39 is 5.60 Å². The number of ether oxygens (including phenoxy) is 3. The van der Waals surface area contributed by atoms with Crippen LogP contribution in [0, 0.1) is 17.3 Å². The van der Waals surface area contributed by atoms with Crippen LogP contribution in [-0.2, 0) is 14.2 Å². The minimum Gasteiger partial charge on any atom is -0.389 e. The Morgan fingerprint density at radius 3 is 2.26 bits per heavy atom. The van der Waals surface area contributed by atoms with Gasteiger partial charge in [-0.3, -0.25) is 0 Å². The van der Waals surface area contributed by atoms with E-state index in [2.05, 4.69) is 32.1 Å². The lowest BCUT2D eigenvalue weighted by Crippen LogP contribution is -2.54. The van der Waals surface area contributed by atoms with Crippen molar-refractivity contribution in [2.45, 2.75) is 124 Å². The number of hydrogen-bond acceptors (Lipinski definition) is 4. The zero-order chi connectivity index (χ0) is 19.3. The number of fused-ring (bicyclic) bond motifs is 3. The van der Waals surface area contributed by atoms with E-state index >= 15 is 0 Å². The predicted octanol–water partition coefficient (Wildman–Crippen LogP) is 7.16. The van der Waals surface area contributed by atoms with Gasteiger partial charge in [-0.1, -0.05) is 54.9 Å². The summed E-state index contributed by atoms with van der Waals surface area (Å²) < 4.78 is 18.8. The zero-order valence-corrected chi connectivity index (χ0v) is 21.8. The number of hydrogen-bond donors (Lipinski definition) is 1. The highest BCUT2D eigenvalue weighted by molar-refractivity contribution is 7.59. The van der Waals surface area contributed by atoms with Crippen LogP contribution in [0.4, 0.5) is 0 Å². The van der Waals surface area contributed by atoms with Gasteiger partial charge in [0.2, 0.25) is 0 Å². The van der Waals surface area contributed by atoms with Crippen LogP contribution < -0.4 is 0 Å². The third kappa shape index (κ3) is 4.72. The molecule has 5 fully saturated rings. The molecule has 6 aliphatic rings. The van der Waals surface area contributed by atoms with Crippen molar-refractivity contribution < 1.29 is 19.3 Å². The number of aliphatic hydroxyl groups is 1. The first-order valence-corrected chi connectivity index (χ1v) is 11.4. The highest BCUT2D eigenvalue weighted by Crippen LogP contribution is 2.74. The molecule has 3 saturated carbocycles. The summed E-state index contributed by atoms with van der Waals surface area (Å²) in [5.41, 5.74) is 0.891. The van der Waals surface area contributed by atoms with Gasteiger partial charge in [0.05, 0.1) is 18.8 Å². The van der Waals surface area contributed by atoms with Crippen molar-refractivity contribution in [3.05, 3.63) is 23.8 Å². The number of epoxide rings is 1. The van der Waals surface area contributed by atoms with Crippen LogP contribution in [0.1, 0.15) is 101 Å². The highest BCUT2D eigenvalue weighted by atomic mass is 32.1. The Morgan fingerprint density at radius 2 is 1.63 bits per heavy atom. The van der Waals surface area contributed by atoms with Gasteiger partial charge in [-0.25, -0.2) is 0 Å². The standard InChI is InChI=1S/C24H34O4.4CH4.3H2S/c1-3-4-8-21(25)10-7-18-17-5-11-22-16-23(26-14-15-27-23)12-13-24(22,28-22)19(17)6-9-20(18,21)2;;;;;;;/h3-4,6,17-18,25H,5,7-16H2,1-2H3;4*1H4;3*1H2/b4-3+;;;;;;;/t17-,18-,20-,21-,22+,24+;;;;;;;/m0......./s1. The highest BCUT2D eigenvalue weighted by Gasteiger charge is 2.79. The van der Waals surface area contributed by atoms with Gasteiger partial charge in [0.15, 0.2) is 5.79 Å². The van der Waals surface area contributed by atoms with Gasteiger partial charge in [-0.2, -0.15) is 40.5 Å². The quantitative estimate of drug-likeness (QED) is 0.292. The summed E-state index contributed by atoms with van der Waals surface area (Å²) in [6.45, 7) is 5.85. The Kier molecular flexibility index (Phi) is 12.9. The molecular weight excluding hydrogens is 497 g/mol. The van der Waals surface area contributed by atoms with Crippen LogP contribution in [-0.4, -0.2) is 40.9 Å². The van der Waals surface area contributed by atoms with E-state index in [0.29, 0.717) is 11.8 Å². The Hall–Kier alpha value is 0.370. The van der Waals surface area contributed by atoms with Crippen molar-refractivity contribution in [3.63, 3.8) is 0 Å². The van der Waals surface area contributed by atoms with Crippen LogP contribution in [0.15, 0.2) is 23.8 Å². The van der Waals surface area contributed by atoms with Crippen molar-refractivity contribution in [1.29, 1.82) is 0 Å². The van der Waals surface area contributed by atoms with Crippen LogP contribution in [0.2, 0.25) is 0 Å². The first-order valence-electron chi connectivity index (χ1n) is 11.4. The summed E-state index contributed by atoms with van der Waals surface area (Å²) >= 11 is 0. The van der Waals surface area contributed by atoms with Gasteiger partial charge in [0.1, 0.15) is 11.2 Å². The largest absolute Gasteiger partial charge is 0.389 e. The van der Waals surface area contributed by atoms with Crippen molar-refractivity contribution in [2.24, 2.45) is 17.3 Å². The van der Waals surface area contributed by atoms with E-state index in [9.17, 15) is 5.11 Å². The van der Waals surface area contributed by atoms with Crippen LogP contribution in [0.25, 0.3) is 0 Å². The summed E-state index contributed by atoms with van der Waals surface area (Å²) in [7, 11) is 0. The lowest BCUT2D eigenvalue weighted by molar-refractivity contribution is -0.185. The Morgan fingerprint density at radius 1 is 0.971 bits per heavy atom.